The monoisotopic (exact) mass is 528 g/mol. The van der Waals surface area contributed by atoms with Gasteiger partial charge in [0.25, 0.3) is 11.8 Å². The molecule has 1 saturated heterocycles. The average Bonchev–Trinajstić information content (AvgIpc) is 2.77. The van der Waals surface area contributed by atoms with Gasteiger partial charge in [-0.2, -0.15) is 0 Å². The maximum Gasteiger partial charge on any atom is 0.341 e. The van der Waals surface area contributed by atoms with Crippen LogP contribution in [-0.2, 0) is 20.8 Å². The molecule has 3 rings (SSSR count). The zero-order chi connectivity index (χ0) is 25.0. The molecule has 2 aromatic carbocycles. The number of carbonyl (C=O) groups is 4. The molecule has 0 saturated carbocycles. The Morgan fingerprint density at radius 2 is 1.97 bits per heavy atom. The standard InChI is InChI=1S/C24H21BrN2O7/c1-4-5-15-9-14(11-19(33-3)21(15)34-12-20(28)29)10-17-22(30)26-24(32)27(23(17)31)16-6-7-18(25)13(2)8-16/h4,6-11H,1,5,12H2,2-3H3,(H,28,29)(H,26,30,32)/b17-10-. The lowest BCUT2D eigenvalue weighted by Gasteiger charge is -2.26. The number of allylic oxidation sites excluding steroid dienone is 1. The van der Waals surface area contributed by atoms with Gasteiger partial charge < -0.3 is 14.6 Å². The number of imide groups is 2. The molecule has 0 unspecified atom stereocenters. The number of aryl methyl sites for hydroxylation is 1. The number of halogens is 1. The van der Waals surface area contributed by atoms with Crippen LogP contribution < -0.4 is 19.7 Å². The summed E-state index contributed by atoms with van der Waals surface area (Å²) in [5, 5.41) is 11.1. The van der Waals surface area contributed by atoms with Gasteiger partial charge in [0.05, 0.1) is 12.8 Å². The summed E-state index contributed by atoms with van der Waals surface area (Å²) in [6, 6.07) is 7.21. The molecule has 10 heteroatoms. The Hall–Kier alpha value is -3.92. The van der Waals surface area contributed by atoms with E-state index in [0.717, 1.165) is 14.9 Å². The molecular weight excluding hydrogens is 508 g/mol. The number of benzene rings is 2. The molecule has 176 valence electrons. The van der Waals surface area contributed by atoms with E-state index in [1.54, 1.807) is 30.3 Å². The normalized spacial score (nSPS) is 14.7. The number of urea groups is 1. The van der Waals surface area contributed by atoms with Gasteiger partial charge in [-0.25, -0.2) is 14.5 Å². The van der Waals surface area contributed by atoms with Crippen molar-refractivity contribution in [2.24, 2.45) is 0 Å². The Balaban J connectivity index is 2.06. The number of hydrogen-bond acceptors (Lipinski definition) is 6. The molecule has 1 fully saturated rings. The van der Waals surface area contributed by atoms with Crippen molar-refractivity contribution in [2.75, 3.05) is 18.6 Å². The smallest absolute Gasteiger partial charge is 0.341 e. The van der Waals surface area contributed by atoms with Crippen LogP contribution in [0.4, 0.5) is 10.5 Å². The Labute approximate surface area is 203 Å². The SMILES string of the molecule is C=CCc1cc(/C=C2/C(=O)NC(=O)N(c3ccc(Br)c(C)c3)C2=O)cc(OC)c1OCC(=O)O. The summed E-state index contributed by atoms with van der Waals surface area (Å²) in [6.07, 6.45) is 3.23. The number of methoxy groups -OCH3 is 1. The van der Waals surface area contributed by atoms with Crippen molar-refractivity contribution in [1.82, 2.24) is 5.32 Å². The van der Waals surface area contributed by atoms with E-state index < -0.39 is 30.4 Å². The van der Waals surface area contributed by atoms with Crippen LogP contribution in [-0.4, -0.2) is 42.6 Å². The van der Waals surface area contributed by atoms with Crippen LogP contribution in [0.25, 0.3) is 6.08 Å². The number of nitrogens with one attached hydrogen (secondary N) is 1. The first-order chi connectivity index (χ1) is 16.2. The fourth-order valence-corrected chi connectivity index (χ4v) is 3.60. The van der Waals surface area contributed by atoms with Crippen LogP contribution in [0.1, 0.15) is 16.7 Å². The zero-order valence-corrected chi connectivity index (χ0v) is 20.0. The van der Waals surface area contributed by atoms with E-state index in [-0.39, 0.29) is 17.1 Å². The molecular formula is C24H21BrN2O7. The van der Waals surface area contributed by atoms with E-state index in [9.17, 15) is 19.2 Å². The van der Waals surface area contributed by atoms with Gasteiger partial charge in [0.1, 0.15) is 5.57 Å². The van der Waals surface area contributed by atoms with Crippen LogP contribution in [0.15, 0.2) is 53.0 Å². The lowest BCUT2D eigenvalue weighted by Crippen LogP contribution is -2.54. The second kappa shape index (κ2) is 10.3. The fourth-order valence-electron chi connectivity index (χ4n) is 3.35. The summed E-state index contributed by atoms with van der Waals surface area (Å²) in [5.74, 6) is -2.35. The number of amides is 4. The van der Waals surface area contributed by atoms with Crippen LogP contribution >= 0.6 is 15.9 Å². The van der Waals surface area contributed by atoms with Gasteiger partial charge in [-0.05, 0) is 60.9 Å². The summed E-state index contributed by atoms with van der Waals surface area (Å²) < 4.78 is 11.5. The quantitative estimate of drug-likeness (QED) is 0.304. The lowest BCUT2D eigenvalue weighted by molar-refractivity contribution is -0.139. The fraction of sp³-hybridized carbons (Fsp3) is 0.167. The van der Waals surface area contributed by atoms with Gasteiger partial charge in [-0.3, -0.25) is 14.9 Å². The molecule has 0 atom stereocenters. The minimum Gasteiger partial charge on any atom is -0.493 e. The van der Waals surface area contributed by atoms with Crippen LogP contribution in [0.3, 0.4) is 0 Å². The number of carboxylic acid groups (broad SMARTS) is 1. The number of carbonyl (C=O) groups excluding carboxylic acids is 3. The van der Waals surface area contributed by atoms with Crippen molar-refractivity contribution in [2.45, 2.75) is 13.3 Å². The third kappa shape index (κ3) is 5.18. The van der Waals surface area contributed by atoms with Crippen molar-refractivity contribution in [3.8, 4) is 11.5 Å². The molecule has 34 heavy (non-hydrogen) atoms. The highest BCUT2D eigenvalue weighted by atomic mass is 79.9. The summed E-state index contributed by atoms with van der Waals surface area (Å²) in [7, 11) is 1.38. The average molecular weight is 529 g/mol. The molecule has 4 amide bonds. The predicted molar refractivity (Wildman–Crippen MR) is 128 cm³/mol. The highest BCUT2D eigenvalue weighted by Gasteiger charge is 2.37. The van der Waals surface area contributed by atoms with Gasteiger partial charge in [-0.1, -0.05) is 22.0 Å². The van der Waals surface area contributed by atoms with Crippen LogP contribution in [0, 0.1) is 6.92 Å². The number of anilines is 1. The number of hydrogen-bond donors (Lipinski definition) is 2. The van der Waals surface area contributed by atoms with Crippen molar-refractivity contribution < 1.29 is 33.8 Å². The van der Waals surface area contributed by atoms with E-state index in [2.05, 4.69) is 27.8 Å². The highest BCUT2D eigenvalue weighted by molar-refractivity contribution is 9.10. The first-order valence-corrected chi connectivity index (χ1v) is 10.8. The lowest BCUT2D eigenvalue weighted by atomic mass is 10.0. The minimum absolute atomic E-state index is 0.215. The van der Waals surface area contributed by atoms with Crippen LogP contribution in [0.2, 0.25) is 0 Å². The summed E-state index contributed by atoms with van der Waals surface area (Å²) in [5.41, 5.74) is 1.81. The van der Waals surface area contributed by atoms with Crippen molar-refractivity contribution in [1.29, 1.82) is 0 Å². The Morgan fingerprint density at radius 3 is 2.59 bits per heavy atom. The minimum atomic E-state index is -1.16. The van der Waals surface area contributed by atoms with Crippen molar-refractivity contribution >= 4 is 51.5 Å². The maximum atomic E-state index is 13.2. The third-order valence-corrected chi connectivity index (χ3v) is 5.78. The number of barbiturate groups is 1. The van der Waals surface area contributed by atoms with Gasteiger partial charge in [0.2, 0.25) is 0 Å². The largest absolute Gasteiger partial charge is 0.493 e. The molecule has 1 aliphatic heterocycles. The molecule has 0 aliphatic carbocycles. The number of aliphatic carboxylic acids is 1. The first-order valence-electron chi connectivity index (χ1n) is 10.00. The molecule has 0 radical (unpaired) electrons. The first kappa shape index (κ1) is 24.7. The predicted octanol–water partition coefficient (Wildman–Crippen LogP) is 3.62. The Morgan fingerprint density at radius 1 is 1.24 bits per heavy atom. The zero-order valence-electron chi connectivity index (χ0n) is 18.4. The van der Waals surface area contributed by atoms with E-state index in [1.807, 2.05) is 6.92 Å². The number of ether oxygens (including phenoxy) is 2. The molecule has 1 aliphatic rings. The van der Waals surface area contributed by atoms with E-state index in [1.165, 1.54) is 19.3 Å². The van der Waals surface area contributed by atoms with Gasteiger partial charge in [0, 0.05) is 10.0 Å². The number of rotatable bonds is 8. The van der Waals surface area contributed by atoms with Gasteiger partial charge in [0.15, 0.2) is 18.1 Å². The second-order valence-electron chi connectivity index (χ2n) is 7.28. The molecule has 0 aromatic heterocycles. The van der Waals surface area contributed by atoms with Crippen molar-refractivity contribution in [3.05, 3.63) is 69.7 Å². The van der Waals surface area contributed by atoms with E-state index in [4.69, 9.17) is 14.6 Å². The number of nitrogens with zero attached hydrogens (tertiary/aromatic N) is 1. The molecule has 2 aromatic rings. The third-order valence-electron chi connectivity index (χ3n) is 4.89. The van der Waals surface area contributed by atoms with E-state index in [0.29, 0.717) is 23.2 Å². The molecule has 0 bridgehead atoms. The molecule has 1 heterocycles. The summed E-state index contributed by atoms with van der Waals surface area (Å²) in [4.78, 5) is 50.0. The topological polar surface area (TPSA) is 122 Å². The number of carboxylic acids is 1. The molecule has 9 nitrogen and oxygen atoms in total. The molecule has 0 spiro atoms. The Bertz CT molecular complexity index is 1240. The second-order valence-corrected chi connectivity index (χ2v) is 8.13. The maximum absolute atomic E-state index is 13.2. The van der Waals surface area contributed by atoms with Crippen LogP contribution in [0.5, 0.6) is 11.5 Å². The molecule has 2 N–H and O–H groups in total. The highest BCUT2D eigenvalue weighted by Crippen LogP contribution is 2.35. The summed E-state index contributed by atoms with van der Waals surface area (Å²) >= 11 is 3.38. The van der Waals surface area contributed by atoms with Gasteiger partial charge >= 0.3 is 12.0 Å². The Kier molecular flexibility index (Phi) is 7.52. The van der Waals surface area contributed by atoms with Gasteiger partial charge in [-0.15, -0.1) is 6.58 Å². The van der Waals surface area contributed by atoms with E-state index >= 15 is 0 Å². The van der Waals surface area contributed by atoms with Crippen molar-refractivity contribution in [3.63, 3.8) is 0 Å². The summed E-state index contributed by atoms with van der Waals surface area (Å²) in [6.45, 7) is 4.92.